The number of hydrogen-bond donors (Lipinski definition) is 4. The van der Waals surface area contributed by atoms with Gasteiger partial charge in [-0.1, -0.05) is 6.07 Å². The number of piperidine rings is 1. The normalized spacial score (nSPS) is 17.6. The molecule has 6 N–H and O–H groups in total. The quantitative estimate of drug-likeness (QED) is 0.318. The summed E-state index contributed by atoms with van der Waals surface area (Å²) in [6.07, 6.45) is 5.13. The number of ether oxygens (including phenoxy) is 1. The van der Waals surface area contributed by atoms with Crippen LogP contribution >= 0.6 is 0 Å². The third-order valence-corrected chi connectivity index (χ3v) is 6.87. The molecule has 2 aliphatic rings. The largest absolute Gasteiger partial charge is 0.396 e. The average molecular weight is 476 g/mol. The van der Waals surface area contributed by atoms with Crippen molar-refractivity contribution in [2.45, 2.75) is 19.3 Å². The van der Waals surface area contributed by atoms with Crippen LogP contribution in [0.15, 0.2) is 48.7 Å². The van der Waals surface area contributed by atoms with Crippen molar-refractivity contribution in [3.8, 4) is 0 Å². The lowest BCUT2D eigenvalue weighted by atomic mass is 9.90. The number of rotatable bonds is 6. The Balaban J connectivity index is 1.30. The first kappa shape index (κ1) is 23.3. The molecule has 0 bridgehead atoms. The molecule has 2 fully saturated rings. The molecule has 0 unspecified atom stereocenters. The highest BCUT2D eigenvalue weighted by Crippen LogP contribution is 2.25. The minimum atomic E-state index is 0.00163. The monoisotopic (exact) mass is 475 g/mol. The van der Waals surface area contributed by atoms with Gasteiger partial charge in [0.05, 0.1) is 30.1 Å². The van der Waals surface area contributed by atoms with E-state index in [9.17, 15) is 4.79 Å². The highest BCUT2D eigenvalue weighted by Gasteiger charge is 2.19. The number of carbonyl (C=O) groups is 1. The van der Waals surface area contributed by atoms with Crippen LogP contribution in [0.25, 0.3) is 16.6 Å². The number of nitrogens with one attached hydrogen (secondary N) is 2. The molecule has 0 aliphatic carbocycles. The van der Waals surface area contributed by atoms with Gasteiger partial charge in [0, 0.05) is 30.2 Å². The second kappa shape index (κ2) is 10.5. The lowest BCUT2D eigenvalue weighted by molar-refractivity contribution is 0.0303. The lowest BCUT2D eigenvalue weighted by Gasteiger charge is -2.27. The van der Waals surface area contributed by atoms with Crippen LogP contribution in [0, 0.1) is 5.92 Å². The first-order chi connectivity index (χ1) is 17.1. The number of H-pyrrole nitrogens is 1. The van der Waals surface area contributed by atoms with Crippen LogP contribution in [0.5, 0.6) is 0 Å². The molecule has 0 saturated carbocycles. The third kappa shape index (κ3) is 5.32. The van der Waals surface area contributed by atoms with Crippen LogP contribution in [-0.2, 0) is 11.2 Å². The van der Waals surface area contributed by atoms with Crippen molar-refractivity contribution in [3.05, 3.63) is 65.5 Å². The van der Waals surface area contributed by atoms with Crippen molar-refractivity contribution in [3.63, 3.8) is 0 Å². The van der Waals surface area contributed by atoms with E-state index in [2.05, 4.69) is 33.7 Å². The van der Waals surface area contributed by atoms with Crippen molar-refractivity contribution < 1.29 is 9.53 Å². The number of nitrogens with two attached hydrogens (primary N) is 2. The van der Waals surface area contributed by atoms with Crippen LogP contribution in [0.1, 0.15) is 34.5 Å². The van der Waals surface area contributed by atoms with E-state index in [0.717, 1.165) is 36.1 Å². The average Bonchev–Trinajstić information content (AvgIpc) is 3.33. The van der Waals surface area contributed by atoms with Gasteiger partial charge in [0.25, 0.3) is 5.91 Å². The molecule has 2 aromatic carbocycles. The van der Waals surface area contributed by atoms with Gasteiger partial charge in [-0.2, -0.15) is 5.10 Å². The number of aromatic nitrogens is 2. The van der Waals surface area contributed by atoms with Crippen molar-refractivity contribution in [1.82, 2.24) is 20.4 Å². The Bertz CT molecular complexity index is 1190. The molecule has 5 rings (SSSR count). The molecule has 1 aromatic heterocycles. The Kier molecular flexibility index (Phi) is 6.98. The third-order valence-electron chi connectivity index (χ3n) is 6.87. The molecule has 3 heterocycles. The number of nitrogens with zero attached hydrogens (tertiary/aromatic N) is 3. The topological polar surface area (TPSA) is 126 Å². The van der Waals surface area contributed by atoms with Gasteiger partial charge in [0.1, 0.15) is 5.69 Å². The molecule has 2 aliphatic heterocycles. The summed E-state index contributed by atoms with van der Waals surface area (Å²) in [5, 5.41) is 13.4. The Morgan fingerprint density at radius 2 is 1.89 bits per heavy atom. The molecule has 2 saturated heterocycles. The van der Waals surface area contributed by atoms with Crippen molar-refractivity contribution >= 4 is 28.2 Å². The summed E-state index contributed by atoms with van der Waals surface area (Å²) in [5.41, 5.74) is 11.2. The second-order valence-corrected chi connectivity index (χ2v) is 9.29. The molecular formula is C26H33N7O2. The Morgan fingerprint density at radius 1 is 1.14 bits per heavy atom. The van der Waals surface area contributed by atoms with Gasteiger partial charge >= 0.3 is 0 Å². The smallest absolute Gasteiger partial charge is 0.254 e. The molecule has 0 radical (unpaired) electrons. The fraction of sp³-hybridized carbons (Fsp3) is 0.385. The van der Waals surface area contributed by atoms with Crippen LogP contribution in [-0.4, -0.2) is 60.4 Å². The first-order valence-corrected chi connectivity index (χ1v) is 12.2. The van der Waals surface area contributed by atoms with E-state index in [1.54, 1.807) is 23.2 Å². The summed E-state index contributed by atoms with van der Waals surface area (Å²) < 4.78 is 5.33. The fourth-order valence-corrected chi connectivity index (χ4v) is 4.84. The molecule has 0 atom stereocenters. The highest BCUT2D eigenvalue weighted by atomic mass is 16.5. The Labute approximate surface area is 205 Å². The molecule has 35 heavy (non-hydrogen) atoms. The minimum Gasteiger partial charge on any atom is -0.396 e. The number of morpholine rings is 1. The van der Waals surface area contributed by atoms with Crippen LogP contribution in [0.4, 0.5) is 5.69 Å². The van der Waals surface area contributed by atoms with Gasteiger partial charge in [-0.25, -0.2) is 5.84 Å². The molecule has 184 valence electrons. The van der Waals surface area contributed by atoms with E-state index in [4.69, 9.17) is 16.3 Å². The van der Waals surface area contributed by atoms with E-state index in [0.29, 0.717) is 49.2 Å². The number of anilines is 1. The molecule has 1 amide bonds. The summed E-state index contributed by atoms with van der Waals surface area (Å²) in [7, 11) is 0. The number of amides is 1. The predicted molar refractivity (Wildman–Crippen MR) is 137 cm³/mol. The van der Waals surface area contributed by atoms with Gasteiger partial charge < -0.3 is 20.7 Å². The summed E-state index contributed by atoms with van der Waals surface area (Å²) >= 11 is 0. The molecule has 3 aromatic rings. The van der Waals surface area contributed by atoms with Gasteiger partial charge in [0.2, 0.25) is 0 Å². The van der Waals surface area contributed by atoms with Crippen molar-refractivity contribution in [2.75, 3.05) is 44.4 Å². The summed E-state index contributed by atoms with van der Waals surface area (Å²) in [6, 6.07) is 13.6. The number of hydrogen-bond acceptors (Lipinski definition) is 7. The van der Waals surface area contributed by atoms with E-state index in [-0.39, 0.29) is 5.91 Å². The first-order valence-electron chi connectivity index (χ1n) is 12.2. The second-order valence-electron chi connectivity index (χ2n) is 9.29. The molecule has 9 nitrogen and oxygen atoms in total. The fourth-order valence-electron chi connectivity index (χ4n) is 4.84. The summed E-state index contributed by atoms with van der Waals surface area (Å²) in [4.78, 5) is 14.5. The van der Waals surface area contributed by atoms with Crippen molar-refractivity contribution in [1.29, 1.82) is 0 Å². The minimum absolute atomic E-state index is 0.00163. The Morgan fingerprint density at radius 3 is 2.63 bits per heavy atom. The number of fused-ring (bicyclic) bond motifs is 1. The SMILES string of the molecule is N/C(=C\N(N)c1ccc(C(=O)N2CCOCC2)cc1)c1n[nH]c2ccc(CC3CCNCC3)cc12. The van der Waals surface area contributed by atoms with Crippen LogP contribution < -0.4 is 21.9 Å². The van der Waals surface area contributed by atoms with Gasteiger partial charge in [0.15, 0.2) is 0 Å². The summed E-state index contributed by atoms with van der Waals surface area (Å²) in [5.74, 6) is 6.99. The zero-order valence-electron chi connectivity index (χ0n) is 19.9. The number of hydrazine groups is 1. The molecule has 0 spiro atoms. The number of carbonyl (C=O) groups excluding carboxylic acids is 1. The maximum absolute atomic E-state index is 12.7. The zero-order chi connectivity index (χ0) is 24.2. The predicted octanol–water partition coefficient (Wildman–Crippen LogP) is 2.21. The maximum atomic E-state index is 12.7. The van der Waals surface area contributed by atoms with E-state index in [1.807, 2.05) is 12.1 Å². The van der Waals surface area contributed by atoms with E-state index >= 15 is 0 Å². The lowest BCUT2D eigenvalue weighted by Crippen LogP contribution is -2.40. The molecule has 9 heteroatoms. The molecular weight excluding hydrogens is 442 g/mol. The van der Waals surface area contributed by atoms with E-state index in [1.165, 1.54) is 23.4 Å². The highest BCUT2D eigenvalue weighted by molar-refractivity contribution is 5.95. The van der Waals surface area contributed by atoms with Gasteiger partial charge in [-0.3, -0.25) is 14.9 Å². The van der Waals surface area contributed by atoms with Crippen LogP contribution in [0.2, 0.25) is 0 Å². The standard InChI is InChI=1S/C26H33N7O2/c27-23(17-33(28)21-4-2-20(3-5-21)26(34)32-11-13-35-14-12-32)25-22-16-19(1-6-24(22)30-31-25)15-18-7-9-29-10-8-18/h1-6,16-18,29H,7-15,27-28H2,(H,30,31)/b23-17-. The van der Waals surface area contributed by atoms with Crippen molar-refractivity contribution in [2.24, 2.45) is 17.5 Å². The van der Waals surface area contributed by atoms with Gasteiger partial charge in [-0.15, -0.1) is 0 Å². The zero-order valence-corrected chi connectivity index (χ0v) is 19.9. The number of aromatic amines is 1. The van der Waals surface area contributed by atoms with Gasteiger partial charge in [-0.05, 0) is 80.2 Å². The summed E-state index contributed by atoms with van der Waals surface area (Å²) in [6.45, 7) is 4.56. The van der Waals surface area contributed by atoms with E-state index < -0.39 is 0 Å². The number of benzene rings is 2. The van der Waals surface area contributed by atoms with Crippen LogP contribution in [0.3, 0.4) is 0 Å². The Hall–Kier alpha value is -3.40. The maximum Gasteiger partial charge on any atom is 0.254 e.